The van der Waals surface area contributed by atoms with Crippen LogP contribution in [0.15, 0.2) is 12.1 Å². The summed E-state index contributed by atoms with van der Waals surface area (Å²) < 4.78 is 55.1. The van der Waals surface area contributed by atoms with Crippen LogP contribution in [0.25, 0.3) is 0 Å². The molecule has 0 amide bonds. The summed E-state index contributed by atoms with van der Waals surface area (Å²) in [5.74, 6) is -2.43. The van der Waals surface area contributed by atoms with Crippen LogP contribution in [0.3, 0.4) is 0 Å². The van der Waals surface area contributed by atoms with Crippen molar-refractivity contribution in [2.45, 2.75) is 13.1 Å². The van der Waals surface area contributed by atoms with Crippen LogP contribution < -0.4 is 4.74 Å². The van der Waals surface area contributed by atoms with Gasteiger partial charge in [0.15, 0.2) is 11.6 Å². The second kappa shape index (κ2) is 4.56. The van der Waals surface area contributed by atoms with Crippen LogP contribution in [-0.2, 0) is 6.18 Å². The molecule has 1 rings (SSSR count). The summed E-state index contributed by atoms with van der Waals surface area (Å²) in [5.41, 5.74) is -2.59. The van der Waals surface area contributed by atoms with E-state index in [-0.39, 0.29) is 12.7 Å². The average molecular weight is 253 g/mol. The second-order valence-electron chi connectivity index (χ2n) is 2.99. The minimum absolute atomic E-state index is 0.102. The molecule has 0 atom stereocenters. The maximum atomic E-state index is 13.3. The van der Waals surface area contributed by atoms with Crippen LogP contribution in [0, 0.1) is 15.9 Å². The molecule has 8 heteroatoms. The Balaban J connectivity index is 3.43. The van der Waals surface area contributed by atoms with Gasteiger partial charge in [0.2, 0.25) is 0 Å². The first-order valence-electron chi connectivity index (χ1n) is 4.45. The van der Waals surface area contributed by atoms with Gasteiger partial charge < -0.3 is 4.74 Å². The molecule has 0 aliphatic carbocycles. The van der Waals surface area contributed by atoms with Crippen molar-refractivity contribution in [3.05, 3.63) is 33.6 Å². The molecule has 1 aromatic carbocycles. The van der Waals surface area contributed by atoms with Crippen molar-refractivity contribution < 1.29 is 27.2 Å². The number of non-ortho nitro benzene ring substituents is 1. The van der Waals surface area contributed by atoms with Gasteiger partial charge in [-0.3, -0.25) is 10.1 Å². The molecule has 0 aliphatic heterocycles. The lowest BCUT2D eigenvalue weighted by Gasteiger charge is -2.11. The molecule has 0 aromatic heterocycles. The molecule has 0 bridgehead atoms. The molecule has 0 saturated carbocycles. The van der Waals surface area contributed by atoms with E-state index in [4.69, 9.17) is 0 Å². The summed E-state index contributed by atoms with van der Waals surface area (Å²) in [6.07, 6.45) is -5.01. The zero-order valence-corrected chi connectivity index (χ0v) is 8.55. The summed E-state index contributed by atoms with van der Waals surface area (Å²) >= 11 is 0. The number of nitrogens with zero attached hydrogens (tertiary/aromatic N) is 1. The predicted molar refractivity (Wildman–Crippen MR) is 49.2 cm³/mol. The quantitative estimate of drug-likeness (QED) is 0.472. The molecule has 1 aromatic rings. The largest absolute Gasteiger partial charge is 0.491 e. The van der Waals surface area contributed by atoms with Gasteiger partial charge in [0.25, 0.3) is 5.69 Å². The maximum Gasteiger partial charge on any atom is 0.419 e. The molecule has 0 radical (unpaired) electrons. The zero-order valence-electron chi connectivity index (χ0n) is 8.55. The van der Waals surface area contributed by atoms with Crippen molar-refractivity contribution in [2.24, 2.45) is 0 Å². The number of halogens is 4. The summed E-state index contributed by atoms with van der Waals surface area (Å²) in [5, 5.41) is 10.4. The van der Waals surface area contributed by atoms with E-state index < -0.39 is 33.9 Å². The van der Waals surface area contributed by atoms with E-state index in [9.17, 15) is 27.7 Å². The monoisotopic (exact) mass is 253 g/mol. The Morgan fingerprint density at radius 2 is 2.00 bits per heavy atom. The molecule has 0 spiro atoms. The standard InChI is InChI=1S/C9H7F4NO3/c1-2-17-7-4-5(14(15)16)3-6(8(7)10)9(11,12)13/h3-4H,2H2,1H3. The van der Waals surface area contributed by atoms with Gasteiger partial charge in [-0.2, -0.15) is 13.2 Å². The summed E-state index contributed by atoms with van der Waals surface area (Å²) in [4.78, 5) is 9.36. The van der Waals surface area contributed by atoms with E-state index in [1.165, 1.54) is 6.92 Å². The highest BCUT2D eigenvalue weighted by molar-refractivity contribution is 5.45. The number of benzene rings is 1. The molecule has 0 aliphatic rings. The number of hydrogen-bond acceptors (Lipinski definition) is 3. The molecule has 0 fully saturated rings. The summed E-state index contributed by atoms with van der Waals surface area (Å²) in [7, 11) is 0. The normalized spacial score (nSPS) is 11.4. The zero-order chi connectivity index (χ0) is 13.2. The number of nitro benzene ring substituents is 1. The van der Waals surface area contributed by atoms with Crippen molar-refractivity contribution in [1.82, 2.24) is 0 Å². The molecular weight excluding hydrogens is 246 g/mol. The fraction of sp³-hybridized carbons (Fsp3) is 0.333. The van der Waals surface area contributed by atoms with Crippen LogP contribution in [0.5, 0.6) is 5.75 Å². The highest BCUT2D eigenvalue weighted by Gasteiger charge is 2.37. The minimum Gasteiger partial charge on any atom is -0.491 e. The van der Waals surface area contributed by atoms with Crippen molar-refractivity contribution in [3.63, 3.8) is 0 Å². The molecule has 94 valence electrons. The van der Waals surface area contributed by atoms with E-state index in [2.05, 4.69) is 4.74 Å². The number of alkyl halides is 3. The third-order valence-corrected chi connectivity index (χ3v) is 1.84. The summed E-state index contributed by atoms with van der Waals surface area (Å²) in [6.45, 7) is 1.32. The Bertz CT molecular complexity index is 445. The van der Waals surface area contributed by atoms with Gasteiger partial charge in [-0.1, -0.05) is 0 Å². The lowest BCUT2D eigenvalue weighted by atomic mass is 10.1. The minimum atomic E-state index is -5.01. The first-order chi connectivity index (χ1) is 7.77. The predicted octanol–water partition coefficient (Wildman–Crippen LogP) is 3.15. The number of hydrogen-bond donors (Lipinski definition) is 0. The van der Waals surface area contributed by atoms with Gasteiger partial charge in [-0.15, -0.1) is 0 Å². The second-order valence-corrected chi connectivity index (χ2v) is 2.99. The highest BCUT2D eigenvalue weighted by atomic mass is 19.4. The number of nitro groups is 1. The Labute approximate surface area is 93.0 Å². The first kappa shape index (κ1) is 13.2. The molecule has 0 saturated heterocycles. The van der Waals surface area contributed by atoms with Crippen LogP contribution in [-0.4, -0.2) is 11.5 Å². The molecule has 0 heterocycles. The Morgan fingerprint density at radius 3 is 2.41 bits per heavy atom. The van der Waals surface area contributed by atoms with E-state index in [1.54, 1.807) is 0 Å². The highest BCUT2D eigenvalue weighted by Crippen LogP contribution is 2.37. The Morgan fingerprint density at radius 1 is 1.41 bits per heavy atom. The van der Waals surface area contributed by atoms with E-state index >= 15 is 0 Å². The van der Waals surface area contributed by atoms with E-state index in [1.807, 2.05) is 0 Å². The fourth-order valence-corrected chi connectivity index (χ4v) is 1.16. The topological polar surface area (TPSA) is 52.4 Å². The fourth-order valence-electron chi connectivity index (χ4n) is 1.16. The Kier molecular flexibility index (Phi) is 3.54. The van der Waals surface area contributed by atoms with Crippen LogP contribution in [0.1, 0.15) is 12.5 Å². The molecule has 4 nitrogen and oxygen atoms in total. The molecule has 0 unspecified atom stereocenters. The lowest BCUT2D eigenvalue weighted by Crippen LogP contribution is -2.10. The maximum absolute atomic E-state index is 13.3. The molecular formula is C9H7F4NO3. The molecule has 17 heavy (non-hydrogen) atoms. The first-order valence-corrected chi connectivity index (χ1v) is 4.45. The van der Waals surface area contributed by atoms with Gasteiger partial charge in [0, 0.05) is 6.07 Å². The SMILES string of the molecule is CCOc1cc([N+](=O)[O-])cc(C(F)(F)F)c1F. The van der Waals surface area contributed by atoms with Crippen molar-refractivity contribution >= 4 is 5.69 Å². The van der Waals surface area contributed by atoms with Gasteiger partial charge in [0.1, 0.15) is 5.56 Å². The number of rotatable bonds is 3. The lowest BCUT2D eigenvalue weighted by molar-refractivity contribution is -0.385. The van der Waals surface area contributed by atoms with Gasteiger partial charge in [-0.05, 0) is 6.92 Å². The van der Waals surface area contributed by atoms with Gasteiger partial charge >= 0.3 is 6.18 Å². The third kappa shape index (κ3) is 2.83. The van der Waals surface area contributed by atoms with E-state index in [0.717, 1.165) is 0 Å². The van der Waals surface area contributed by atoms with Crippen LogP contribution in [0.4, 0.5) is 23.2 Å². The average Bonchev–Trinajstić information content (AvgIpc) is 2.19. The van der Waals surface area contributed by atoms with Gasteiger partial charge in [-0.25, -0.2) is 4.39 Å². The van der Waals surface area contributed by atoms with Crippen LogP contribution in [0.2, 0.25) is 0 Å². The summed E-state index contributed by atoms with van der Waals surface area (Å²) in [6, 6.07) is 0.756. The Hall–Kier alpha value is -1.86. The number of ether oxygens (including phenoxy) is 1. The molecule has 0 N–H and O–H groups in total. The van der Waals surface area contributed by atoms with Gasteiger partial charge in [0.05, 0.1) is 17.6 Å². The van der Waals surface area contributed by atoms with E-state index in [0.29, 0.717) is 6.07 Å². The van der Waals surface area contributed by atoms with Crippen molar-refractivity contribution in [1.29, 1.82) is 0 Å². The smallest absolute Gasteiger partial charge is 0.419 e. The van der Waals surface area contributed by atoms with Crippen molar-refractivity contribution in [2.75, 3.05) is 6.61 Å². The van der Waals surface area contributed by atoms with Crippen molar-refractivity contribution in [3.8, 4) is 5.75 Å². The third-order valence-electron chi connectivity index (χ3n) is 1.84. The van der Waals surface area contributed by atoms with Crippen LogP contribution >= 0.6 is 0 Å².